The lowest BCUT2D eigenvalue weighted by molar-refractivity contribution is -0.137. The monoisotopic (exact) mass is 265 g/mol. The van der Waals surface area contributed by atoms with Crippen molar-refractivity contribution >= 4 is 17.7 Å². The van der Waals surface area contributed by atoms with E-state index in [-0.39, 0.29) is 18.4 Å². The lowest BCUT2D eigenvalue weighted by Crippen LogP contribution is -2.49. The number of likely N-dealkylation sites (N-methyl/N-ethyl adjacent to an activating group) is 1. The molecule has 2 rings (SSSR count). The average Bonchev–Trinajstić information content (AvgIpc) is 2.80. The molecular formula is C14H19NO2S. The Kier molecular flexibility index (Phi) is 3.69. The summed E-state index contributed by atoms with van der Waals surface area (Å²) >= 11 is 1.73. The van der Waals surface area contributed by atoms with Gasteiger partial charge in [0.25, 0.3) is 0 Å². The summed E-state index contributed by atoms with van der Waals surface area (Å²) in [7, 11) is 1.77. The number of hydrogen-bond donors (Lipinski definition) is 1. The second-order valence-electron chi connectivity index (χ2n) is 5.27. The molecule has 18 heavy (non-hydrogen) atoms. The molecule has 1 amide bonds. The van der Waals surface area contributed by atoms with Gasteiger partial charge in [0.2, 0.25) is 5.91 Å². The van der Waals surface area contributed by atoms with Gasteiger partial charge in [-0.2, -0.15) is 0 Å². The molecule has 0 radical (unpaired) electrons. The Bertz CT molecular complexity index is 459. The highest BCUT2D eigenvalue weighted by atomic mass is 32.2. The Labute approximate surface area is 112 Å². The third-order valence-electron chi connectivity index (χ3n) is 3.62. The maximum absolute atomic E-state index is 12.5. The van der Waals surface area contributed by atoms with E-state index in [2.05, 4.69) is 6.07 Å². The first kappa shape index (κ1) is 13.4. The third kappa shape index (κ3) is 2.27. The van der Waals surface area contributed by atoms with Crippen LogP contribution in [-0.4, -0.2) is 40.9 Å². The molecular weight excluding hydrogens is 246 g/mol. The molecule has 1 aliphatic heterocycles. The molecule has 1 heterocycles. The van der Waals surface area contributed by atoms with Crippen molar-refractivity contribution < 1.29 is 9.90 Å². The third-order valence-corrected chi connectivity index (χ3v) is 4.81. The van der Waals surface area contributed by atoms with Gasteiger partial charge in [0.15, 0.2) is 0 Å². The molecule has 4 heteroatoms. The van der Waals surface area contributed by atoms with E-state index in [0.717, 1.165) is 11.3 Å². The highest BCUT2D eigenvalue weighted by Gasteiger charge is 2.35. The number of fused-ring (bicyclic) bond motifs is 1. The number of aliphatic hydroxyl groups is 1. The number of aliphatic hydroxyl groups excluding tert-OH is 1. The van der Waals surface area contributed by atoms with E-state index in [0.29, 0.717) is 0 Å². The molecule has 1 aliphatic rings. The quantitative estimate of drug-likeness (QED) is 0.910. The number of thioether (sulfide) groups is 1. The summed E-state index contributed by atoms with van der Waals surface area (Å²) in [5, 5.41) is 9.35. The second-order valence-corrected chi connectivity index (χ2v) is 6.33. The number of carbonyl (C=O) groups excluding carboxylic acids is 1. The fraction of sp³-hybridized carbons (Fsp3) is 0.500. The maximum atomic E-state index is 12.5. The Morgan fingerprint density at radius 2 is 2.17 bits per heavy atom. The van der Waals surface area contributed by atoms with Crippen molar-refractivity contribution in [2.24, 2.45) is 0 Å². The van der Waals surface area contributed by atoms with Gasteiger partial charge in [0.1, 0.15) is 0 Å². The molecule has 3 nitrogen and oxygen atoms in total. The zero-order valence-corrected chi connectivity index (χ0v) is 11.8. The van der Waals surface area contributed by atoms with E-state index in [1.54, 1.807) is 23.7 Å². The molecule has 1 atom stereocenters. The zero-order chi connectivity index (χ0) is 13.3. The summed E-state index contributed by atoms with van der Waals surface area (Å²) in [5.74, 6) is 0.804. The summed E-state index contributed by atoms with van der Waals surface area (Å²) in [6.07, 6.45) is 0. The van der Waals surface area contributed by atoms with Crippen LogP contribution < -0.4 is 0 Å². The molecule has 0 aromatic heterocycles. The van der Waals surface area contributed by atoms with Crippen LogP contribution in [0.15, 0.2) is 29.2 Å². The molecule has 0 saturated carbocycles. The van der Waals surface area contributed by atoms with E-state index in [4.69, 9.17) is 0 Å². The summed E-state index contributed by atoms with van der Waals surface area (Å²) in [6.45, 7) is 3.72. The predicted molar refractivity (Wildman–Crippen MR) is 73.8 cm³/mol. The highest BCUT2D eigenvalue weighted by molar-refractivity contribution is 7.99. The number of nitrogens with zero attached hydrogens (tertiary/aromatic N) is 1. The standard InChI is InChI=1S/C14H19NO2S/c1-14(2,9-16)15(3)13(17)11-8-18-12-7-5-4-6-10(11)12/h4-7,11,16H,8-9H2,1-3H3. The lowest BCUT2D eigenvalue weighted by Gasteiger charge is -2.35. The van der Waals surface area contributed by atoms with E-state index < -0.39 is 5.54 Å². The topological polar surface area (TPSA) is 40.5 Å². The Morgan fingerprint density at radius 3 is 2.83 bits per heavy atom. The maximum Gasteiger partial charge on any atom is 0.231 e. The first-order valence-corrected chi connectivity index (χ1v) is 7.06. The van der Waals surface area contributed by atoms with Gasteiger partial charge >= 0.3 is 0 Å². The van der Waals surface area contributed by atoms with Gasteiger partial charge in [0, 0.05) is 17.7 Å². The van der Waals surface area contributed by atoms with Crippen LogP contribution in [0.4, 0.5) is 0 Å². The molecule has 0 saturated heterocycles. The Balaban J connectivity index is 2.22. The van der Waals surface area contributed by atoms with E-state index in [1.165, 1.54) is 4.90 Å². The molecule has 98 valence electrons. The number of benzene rings is 1. The zero-order valence-electron chi connectivity index (χ0n) is 11.0. The van der Waals surface area contributed by atoms with Crippen LogP contribution in [0.3, 0.4) is 0 Å². The first-order valence-electron chi connectivity index (χ1n) is 6.07. The second kappa shape index (κ2) is 4.94. The average molecular weight is 265 g/mol. The minimum absolute atomic E-state index is 0.0310. The molecule has 0 fully saturated rings. The fourth-order valence-corrected chi connectivity index (χ4v) is 3.23. The molecule has 0 bridgehead atoms. The normalized spacial score (nSPS) is 18.6. The van der Waals surface area contributed by atoms with Gasteiger partial charge < -0.3 is 10.0 Å². The molecule has 1 aromatic rings. The molecule has 0 aliphatic carbocycles. The predicted octanol–water partition coefficient (Wildman–Crippen LogP) is 2.11. The van der Waals surface area contributed by atoms with Crippen molar-refractivity contribution in [1.82, 2.24) is 4.90 Å². The van der Waals surface area contributed by atoms with Crippen LogP contribution in [0, 0.1) is 0 Å². The summed E-state index contributed by atoms with van der Waals surface area (Å²) in [5.41, 5.74) is 0.604. The minimum Gasteiger partial charge on any atom is -0.394 e. The van der Waals surface area contributed by atoms with Gasteiger partial charge in [-0.3, -0.25) is 4.79 Å². The number of carbonyl (C=O) groups is 1. The number of rotatable bonds is 3. The van der Waals surface area contributed by atoms with Gasteiger partial charge in [0.05, 0.1) is 18.1 Å². The summed E-state index contributed by atoms with van der Waals surface area (Å²) < 4.78 is 0. The summed E-state index contributed by atoms with van der Waals surface area (Å²) in [6, 6.07) is 8.06. The van der Waals surface area contributed by atoms with Crippen molar-refractivity contribution in [3.63, 3.8) is 0 Å². The molecule has 1 N–H and O–H groups in total. The van der Waals surface area contributed by atoms with Crippen LogP contribution >= 0.6 is 11.8 Å². The van der Waals surface area contributed by atoms with Gasteiger partial charge in [-0.25, -0.2) is 0 Å². The highest BCUT2D eigenvalue weighted by Crippen LogP contribution is 2.40. The fourth-order valence-electron chi connectivity index (χ4n) is 2.01. The number of amides is 1. The number of hydrogen-bond acceptors (Lipinski definition) is 3. The van der Waals surface area contributed by atoms with E-state index >= 15 is 0 Å². The Morgan fingerprint density at radius 1 is 1.50 bits per heavy atom. The lowest BCUT2D eigenvalue weighted by atomic mass is 9.96. The molecule has 1 aromatic carbocycles. The molecule has 0 spiro atoms. The van der Waals surface area contributed by atoms with Crippen LogP contribution in [0.25, 0.3) is 0 Å². The molecule has 1 unspecified atom stereocenters. The van der Waals surface area contributed by atoms with Crippen molar-refractivity contribution in [1.29, 1.82) is 0 Å². The SMILES string of the molecule is CN(C(=O)C1CSc2ccccc21)C(C)(C)CO. The van der Waals surface area contributed by atoms with Gasteiger partial charge in [-0.05, 0) is 25.5 Å². The summed E-state index contributed by atoms with van der Waals surface area (Å²) in [4.78, 5) is 15.4. The van der Waals surface area contributed by atoms with Crippen LogP contribution in [0.1, 0.15) is 25.3 Å². The van der Waals surface area contributed by atoms with Gasteiger partial charge in [-0.15, -0.1) is 11.8 Å². The Hall–Kier alpha value is -1.00. The largest absolute Gasteiger partial charge is 0.394 e. The van der Waals surface area contributed by atoms with Crippen LogP contribution in [-0.2, 0) is 4.79 Å². The van der Waals surface area contributed by atoms with Crippen LogP contribution in [0.5, 0.6) is 0 Å². The van der Waals surface area contributed by atoms with Crippen molar-refractivity contribution in [3.05, 3.63) is 29.8 Å². The van der Waals surface area contributed by atoms with E-state index in [9.17, 15) is 9.90 Å². The van der Waals surface area contributed by atoms with Crippen LogP contribution in [0.2, 0.25) is 0 Å². The smallest absolute Gasteiger partial charge is 0.231 e. The van der Waals surface area contributed by atoms with Gasteiger partial charge in [-0.1, -0.05) is 18.2 Å². The minimum atomic E-state index is -0.515. The van der Waals surface area contributed by atoms with E-state index in [1.807, 2.05) is 32.0 Å². The first-order chi connectivity index (χ1) is 8.47. The van der Waals surface area contributed by atoms with Crippen molar-refractivity contribution in [2.75, 3.05) is 19.4 Å². The van der Waals surface area contributed by atoms with Crippen molar-refractivity contribution in [2.45, 2.75) is 30.2 Å². The van der Waals surface area contributed by atoms with Crippen molar-refractivity contribution in [3.8, 4) is 0 Å².